The molecule has 2 aromatic heterocycles. The van der Waals surface area contributed by atoms with E-state index in [0.29, 0.717) is 29.5 Å². The number of carbonyl (C=O) groups is 1. The predicted octanol–water partition coefficient (Wildman–Crippen LogP) is 3.76. The summed E-state index contributed by atoms with van der Waals surface area (Å²) in [4.78, 5) is 19.8. The Bertz CT molecular complexity index is 794. The van der Waals surface area contributed by atoms with Crippen LogP contribution in [-0.4, -0.2) is 22.6 Å². The van der Waals surface area contributed by atoms with Gasteiger partial charge >= 0.3 is 0 Å². The van der Waals surface area contributed by atoms with Crippen molar-refractivity contribution in [2.45, 2.75) is 44.9 Å². The number of amides is 1. The number of nitrogens with zero attached hydrogens (tertiary/aromatic N) is 2. The molecular weight excluding hydrogens is 334 g/mol. The maximum Gasteiger partial charge on any atom is 0.231 e. The molecule has 3 saturated carbocycles. The molecule has 0 saturated heterocycles. The second kappa shape index (κ2) is 5.94. The number of hydrogen-bond acceptors (Lipinski definition) is 5. The third-order valence-electron chi connectivity index (χ3n) is 6.17. The summed E-state index contributed by atoms with van der Waals surface area (Å²) < 4.78 is 5.65. The molecule has 25 heavy (non-hydrogen) atoms. The number of fused-ring (bicyclic) bond motifs is 2. The zero-order valence-electron chi connectivity index (χ0n) is 14.4. The van der Waals surface area contributed by atoms with Gasteiger partial charge in [0.25, 0.3) is 0 Å². The van der Waals surface area contributed by atoms with Gasteiger partial charge in [-0.3, -0.25) is 4.79 Å². The molecule has 0 spiro atoms. The van der Waals surface area contributed by atoms with Gasteiger partial charge in [-0.05, 0) is 68.9 Å². The fraction of sp³-hybridized carbons (Fsp3) is 0.632. The number of rotatable bonds is 5. The van der Waals surface area contributed by atoms with E-state index in [9.17, 15) is 4.79 Å². The Labute approximate surface area is 151 Å². The van der Waals surface area contributed by atoms with Crippen molar-refractivity contribution in [1.82, 2.24) is 15.5 Å². The minimum absolute atomic E-state index is 0.0101. The Kier molecular flexibility index (Phi) is 3.69. The van der Waals surface area contributed by atoms with Gasteiger partial charge in [-0.15, -0.1) is 11.3 Å². The van der Waals surface area contributed by atoms with Crippen molar-refractivity contribution >= 4 is 17.2 Å². The van der Waals surface area contributed by atoms with E-state index in [0.717, 1.165) is 24.3 Å². The molecule has 0 aromatic carbocycles. The summed E-state index contributed by atoms with van der Waals surface area (Å²) in [5.41, 5.74) is 0. The van der Waals surface area contributed by atoms with E-state index in [1.54, 1.807) is 11.3 Å². The quantitative estimate of drug-likeness (QED) is 0.884. The third-order valence-corrected chi connectivity index (χ3v) is 7.17. The predicted molar refractivity (Wildman–Crippen MR) is 95.1 cm³/mol. The highest BCUT2D eigenvalue weighted by Crippen LogP contribution is 2.56. The lowest BCUT2D eigenvalue weighted by atomic mass is 9.78. The molecule has 0 aliphatic heterocycles. The summed E-state index contributed by atoms with van der Waals surface area (Å²) in [6.07, 6.45) is 5.98. The molecule has 3 aliphatic rings. The summed E-state index contributed by atoms with van der Waals surface area (Å²) >= 11 is 1.67. The number of nitrogens with one attached hydrogen (secondary N) is 1. The van der Waals surface area contributed by atoms with Gasteiger partial charge in [0.2, 0.25) is 17.6 Å². The van der Waals surface area contributed by atoms with Crippen LogP contribution in [0.4, 0.5) is 0 Å². The largest absolute Gasteiger partial charge is 0.356 e. The van der Waals surface area contributed by atoms with E-state index >= 15 is 0 Å². The molecule has 2 heterocycles. The van der Waals surface area contributed by atoms with E-state index in [1.807, 2.05) is 6.07 Å². The first-order chi connectivity index (χ1) is 12.2. The van der Waals surface area contributed by atoms with E-state index in [1.165, 1.54) is 24.1 Å². The summed E-state index contributed by atoms with van der Waals surface area (Å²) in [6, 6.07) is 4.11. The van der Waals surface area contributed by atoms with Crippen LogP contribution in [0.3, 0.4) is 0 Å². The Morgan fingerprint density at radius 1 is 1.28 bits per heavy atom. The van der Waals surface area contributed by atoms with Crippen LogP contribution >= 0.6 is 11.3 Å². The maximum atomic E-state index is 12.8. The molecule has 0 unspecified atom stereocenters. The first kappa shape index (κ1) is 15.6. The van der Waals surface area contributed by atoms with Crippen LogP contribution in [0, 0.1) is 30.6 Å². The van der Waals surface area contributed by atoms with Crippen molar-refractivity contribution in [2.24, 2.45) is 23.7 Å². The van der Waals surface area contributed by atoms with Crippen LogP contribution in [0.2, 0.25) is 0 Å². The number of hydrogen-bond donors (Lipinski definition) is 1. The standard InChI is InChI=1S/C19H23N3O2S/c1-10-2-7-14(25-10)17-21-19(24-22-17)16-13-6-5-12(8-13)15(16)18(23)20-9-11-3-4-11/h2,7,11-13,15-16H,3-6,8-9H2,1H3,(H,20,23)/t12-,13+,15-,16-/m0/s1. The summed E-state index contributed by atoms with van der Waals surface area (Å²) in [5.74, 6) is 3.34. The van der Waals surface area contributed by atoms with Crippen LogP contribution in [0.1, 0.15) is 48.8 Å². The zero-order chi connectivity index (χ0) is 17.0. The minimum atomic E-state index is 0.0101. The Hall–Kier alpha value is -1.69. The fourth-order valence-electron chi connectivity index (χ4n) is 4.73. The molecule has 5 nitrogen and oxygen atoms in total. The van der Waals surface area contributed by atoms with Gasteiger partial charge < -0.3 is 9.84 Å². The molecule has 1 N–H and O–H groups in total. The second-order valence-electron chi connectivity index (χ2n) is 7.94. The molecule has 0 radical (unpaired) electrons. The van der Waals surface area contributed by atoms with Crippen molar-refractivity contribution in [3.05, 3.63) is 22.9 Å². The van der Waals surface area contributed by atoms with Crippen molar-refractivity contribution in [1.29, 1.82) is 0 Å². The van der Waals surface area contributed by atoms with Crippen LogP contribution in [0.25, 0.3) is 10.7 Å². The van der Waals surface area contributed by atoms with Crippen LogP contribution in [-0.2, 0) is 4.79 Å². The lowest BCUT2D eigenvalue weighted by Gasteiger charge is -2.27. The minimum Gasteiger partial charge on any atom is -0.356 e. The summed E-state index contributed by atoms with van der Waals surface area (Å²) in [7, 11) is 0. The smallest absolute Gasteiger partial charge is 0.231 e. The van der Waals surface area contributed by atoms with Gasteiger partial charge in [0, 0.05) is 11.4 Å². The maximum absolute atomic E-state index is 12.8. The molecule has 6 heteroatoms. The average molecular weight is 357 g/mol. The van der Waals surface area contributed by atoms with Crippen molar-refractivity contribution in [3.8, 4) is 10.7 Å². The van der Waals surface area contributed by atoms with E-state index in [4.69, 9.17) is 4.52 Å². The van der Waals surface area contributed by atoms with E-state index < -0.39 is 0 Å². The highest BCUT2D eigenvalue weighted by Gasteiger charge is 2.53. The fourth-order valence-corrected chi connectivity index (χ4v) is 5.53. The Morgan fingerprint density at radius 2 is 2.12 bits per heavy atom. The highest BCUT2D eigenvalue weighted by molar-refractivity contribution is 7.15. The molecule has 132 valence electrons. The second-order valence-corrected chi connectivity index (χ2v) is 9.23. The Balaban J connectivity index is 1.39. The van der Waals surface area contributed by atoms with Crippen molar-refractivity contribution < 1.29 is 9.32 Å². The number of thiophene rings is 1. The van der Waals surface area contributed by atoms with E-state index in [2.05, 4.69) is 28.4 Å². The van der Waals surface area contributed by atoms with Gasteiger partial charge in [0.1, 0.15) is 0 Å². The van der Waals surface area contributed by atoms with Gasteiger partial charge in [0.05, 0.1) is 16.7 Å². The number of aryl methyl sites for hydroxylation is 1. The van der Waals surface area contributed by atoms with Crippen LogP contribution < -0.4 is 5.32 Å². The first-order valence-corrected chi connectivity index (χ1v) is 10.2. The van der Waals surface area contributed by atoms with Gasteiger partial charge in [-0.2, -0.15) is 4.98 Å². The van der Waals surface area contributed by atoms with Crippen LogP contribution in [0.5, 0.6) is 0 Å². The molecule has 5 rings (SSSR count). The molecule has 2 aromatic rings. The lowest BCUT2D eigenvalue weighted by Crippen LogP contribution is -2.38. The molecule has 2 bridgehead atoms. The zero-order valence-corrected chi connectivity index (χ0v) is 15.2. The average Bonchev–Trinajstić information content (AvgIpc) is 3.05. The first-order valence-electron chi connectivity index (χ1n) is 9.37. The normalized spacial score (nSPS) is 30.8. The van der Waals surface area contributed by atoms with Gasteiger partial charge in [0.15, 0.2) is 0 Å². The topological polar surface area (TPSA) is 68.0 Å². The molecule has 1 amide bonds. The van der Waals surface area contributed by atoms with Crippen molar-refractivity contribution in [3.63, 3.8) is 0 Å². The van der Waals surface area contributed by atoms with Gasteiger partial charge in [-0.1, -0.05) is 5.16 Å². The summed E-state index contributed by atoms with van der Waals surface area (Å²) in [5, 5.41) is 7.38. The van der Waals surface area contributed by atoms with Crippen LogP contribution in [0.15, 0.2) is 16.7 Å². The molecule has 4 atom stereocenters. The third kappa shape index (κ3) is 2.80. The molecular formula is C19H23N3O2S. The number of aromatic nitrogens is 2. The number of carbonyl (C=O) groups excluding carboxylic acids is 1. The molecule has 3 fully saturated rings. The lowest BCUT2D eigenvalue weighted by molar-refractivity contribution is -0.127. The SMILES string of the molecule is Cc1ccc(-c2noc([C@H]3[C@@H]4CC[C@@H](C4)[C@@H]3C(=O)NCC3CC3)n2)s1. The monoisotopic (exact) mass is 357 g/mol. The molecule has 3 aliphatic carbocycles. The van der Waals surface area contributed by atoms with E-state index in [-0.39, 0.29) is 17.7 Å². The van der Waals surface area contributed by atoms with Gasteiger partial charge in [-0.25, -0.2) is 0 Å². The van der Waals surface area contributed by atoms with Crippen molar-refractivity contribution in [2.75, 3.05) is 6.54 Å². The Morgan fingerprint density at radius 3 is 2.88 bits per heavy atom. The highest BCUT2D eigenvalue weighted by atomic mass is 32.1. The summed E-state index contributed by atoms with van der Waals surface area (Å²) in [6.45, 7) is 2.91.